The Morgan fingerprint density at radius 3 is 2.68 bits per heavy atom. The number of benzene rings is 2. The van der Waals surface area contributed by atoms with Gasteiger partial charge in [-0.05, 0) is 54.6 Å². The monoisotopic (exact) mass is 255 g/mol. The summed E-state index contributed by atoms with van der Waals surface area (Å²) in [5.74, 6) is 0.741. The lowest BCUT2D eigenvalue weighted by Gasteiger charge is -2.13. The van der Waals surface area contributed by atoms with Crippen molar-refractivity contribution in [2.75, 3.05) is 13.1 Å². The summed E-state index contributed by atoms with van der Waals surface area (Å²) in [5, 5.41) is 6.28. The van der Waals surface area contributed by atoms with Gasteiger partial charge in [0.1, 0.15) is 0 Å². The maximum absolute atomic E-state index is 3.51. The number of fused-ring (bicyclic) bond motifs is 1. The second-order valence-corrected chi connectivity index (χ2v) is 5.49. The van der Waals surface area contributed by atoms with Crippen LogP contribution in [-0.4, -0.2) is 13.1 Å². The Bertz CT molecular complexity index is 499. The summed E-state index contributed by atoms with van der Waals surface area (Å²) in [7, 11) is 0. The van der Waals surface area contributed by atoms with Crippen LogP contribution in [0.25, 0.3) is 10.8 Å². The maximum Gasteiger partial charge on any atom is -0.00230 e. The van der Waals surface area contributed by atoms with Crippen molar-refractivity contribution < 1.29 is 0 Å². The minimum Gasteiger partial charge on any atom is -0.316 e. The van der Waals surface area contributed by atoms with Crippen LogP contribution in [0, 0.1) is 5.92 Å². The zero-order valence-electron chi connectivity index (χ0n) is 12.2. The second kappa shape index (κ2) is 7.30. The normalized spacial score (nSPS) is 12.7. The summed E-state index contributed by atoms with van der Waals surface area (Å²) in [5.41, 5.74) is 1.49. The molecule has 1 atom stereocenters. The first-order chi connectivity index (χ1) is 9.31. The summed E-state index contributed by atoms with van der Waals surface area (Å²) >= 11 is 0. The van der Waals surface area contributed by atoms with Crippen LogP contribution in [0.4, 0.5) is 0 Å². The largest absolute Gasteiger partial charge is 0.316 e. The first kappa shape index (κ1) is 14.1. The van der Waals surface area contributed by atoms with Gasteiger partial charge in [-0.3, -0.25) is 0 Å². The van der Waals surface area contributed by atoms with Gasteiger partial charge in [-0.25, -0.2) is 0 Å². The number of aryl methyl sites for hydroxylation is 1. The third-order valence-electron chi connectivity index (χ3n) is 3.71. The van der Waals surface area contributed by atoms with Gasteiger partial charge in [0, 0.05) is 0 Å². The van der Waals surface area contributed by atoms with Crippen molar-refractivity contribution in [3.8, 4) is 0 Å². The van der Waals surface area contributed by atoms with E-state index in [0.29, 0.717) is 0 Å². The molecule has 0 aliphatic carbocycles. The van der Waals surface area contributed by atoms with Crippen LogP contribution in [0.15, 0.2) is 42.5 Å². The number of hydrogen-bond donors (Lipinski definition) is 1. The van der Waals surface area contributed by atoms with Gasteiger partial charge in [-0.1, -0.05) is 56.3 Å². The van der Waals surface area contributed by atoms with Crippen molar-refractivity contribution in [3.05, 3.63) is 48.0 Å². The molecule has 1 nitrogen and oxygen atoms in total. The molecule has 0 heterocycles. The van der Waals surface area contributed by atoms with Crippen molar-refractivity contribution in [1.82, 2.24) is 5.32 Å². The highest BCUT2D eigenvalue weighted by atomic mass is 14.8. The summed E-state index contributed by atoms with van der Waals surface area (Å²) in [6.07, 6.45) is 3.65. The lowest BCUT2D eigenvalue weighted by molar-refractivity contribution is 0.482. The lowest BCUT2D eigenvalue weighted by atomic mass is 9.96. The maximum atomic E-state index is 3.51. The average Bonchev–Trinajstić information content (AvgIpc) is 2.45. The Morgan fingerprint density at radius 2 is 1.84 bits per heavy atom. The zero-order valence-corrected chi connectivity index (χ0v) is 12.2. The topological polar surface area (TPSA) is 12.0 Å². The van der Waals surface area contributed by atoms with Crippen molar-refractivity contribution in [2.45, 2.75) is 33.1 Å². The molecule has 1 unspecified atom stereocenters. The van der Waals surface area contributed by atoms with Crippen molar-refractivity contribution in [2.24, 2.45) is 5.92 Å². The molecule has 0 aliphatic heterocycles. The van der Waals surface area contributed by atoms with Gasteiger partial charge < -0.3 is 5.32 Å². The van der Waals surface area contributed by atoms with Gasteiger partial charge in [0.05, 0.1) is 0 Å². The molecule has 0 fully saturated rings. The highest BCUT2D eigenvalue weighted by Gasteiger charge is 2.04. The molecule has 0 spiro atoms. The molecular formula is C18H25N. The molecule has 2 rings (SSSR count). The van der Waals surface area contributed by atoms with Crippen LogP contribution in [-0.2, 0) is 6.42 Å². The Labute approximate surface area is 117 Å². The molecule has 0 bridgehead atoms. The molecule has 0 amide bonds. The van der Waals surface area contributed by atoms with Gasteiger partial charge in [-0.2, -0.15) is 0 Å². The van der Waals surface area contributed by atoms with E-state index in [1.807, 2.05) is 0 Å². The van der Waals surface area contributed by atoms with Gasteiger partial charge in [0.25, 0.3) is 0 Å². The lowest BCUT2D eigenvalue weighted by Crippen LogP contribution is -2.22. The number of nitrogens with one attached hydrogen (secondary N) is 1. The predicted molar refractivity (Wildman–Crippen MR) is 84.6 cm³/mol. The molecule has 0 saturated heterocycles. The SMILES string of the molecule is CCCNCC(C)CCc1cccc2ccccc12. The summed E-state index contributed by atoms with van der Waals surface area (Å²) in [4.78, 5) is 0. The molecule has 2 aromatic rings. The van der Waals surface area contributed by atoms with E-state index in [9.17, 15) is 0 Å². The Kier molecular flexibility index (Phi) is 5.41. The van der Waals surface area contributed by atoms with Crippen molar-refractivity contribution in [1.29, 1.82) is 0 Å². The predicted octanol–water partition coefficient (Wildman–Crippen LogP) is 4.41. The molecule has 1 heteroatoms. The molecule has 0 saturated carbocycles. The third-order valence-corrected chi connectivity index (χ3v) is 3.71. The molecular weight excluding hydrogens is 230 g/mol. The third kappa shape index (κ3) is 4.07. The molecule has 102 valence electrons. The highest BCUT2D eigenvalue weighted by Crippen LogP contribution is 2.20. The van der Waals surface area contributed by atoms with Crippen LogP contribution < -0.4 is 5.32 Å². The van der Waals surface area contributed by atoms with Crippen molar-refractivity contribution in [3.63, 3.8) is 0 Å². The molecule has 0 aliphatic rings. The minimum absolute atomic E-state index is 0.741. The van der Waals surface area contributed by atoms with Gasteiger partial charge in [0.15, 0.2) is 0 Å². The van der Waals surface area contributed by atoms with Crippen LogP contribution in [0.1, 0.15) is 32.3 Å². The fourth-order valence-electron chi connectivity index (χ4n) is 2.54. The smallest absolute Gasteiger partial charge is 0.00230 e. The van der Waals surface area contributed by atoms with Gasteiger partial charge >= 0.3 is 0 Å². The molecule has 1 N–H and O–H groups in total. The van der Waals surface area contributed by atoms with E-state index in [-0.39, 0.29) is 0 Å². The Balaban J connectivity index is 1.94. The first-order valence-electron chi connectivity index (χ1n) is 7.48. The number of hydrogen-bond acceptors (Lipinski definition) is 1. The molecule has 0 aromatic heterocycles. The summed E-state index contributed by atoms with van der Waals surface area (Å²) < 4.78 is 0. The Hall–Kier alpha value is -1.34. The van der Waals surface area contributed by atoms with Gasteiger partial charge in [0.2, 0.25) is 0 Å². The minimum atomic E-state index is 0.741. The average molecular weight is 255 g/mol. The molecule has 2 aromatic carbocycles. The van der Waals surface area contributed by atoms with E-state index in [0.717, 1.165) is 19.0 Å². The quantitative estimate of drug-likeness (QED) is 0.723. The highest BCUT2D eigenvalue weighted by molar-refractivity contribution is 5.85. The Morgan fingerprint density at radius 1 is 1.05 bits per heavy atom. The van der Waals surface area contributed by atoms with Crippen LogP contribution in [0.2, 0.25) is 0 Å². The van der Waals surface area contributed by atoms with E-state index < -0.39 is 0 Å². The van der Waals surface area contributed by atoms with E-state index in [1.54, 1.807) is 0 Å². The molecule has 0 radical (unpaired) electrons. The van der Waals surface area contributed by atoms with E-state index >= 15 is 0 Å². The molecule has 19 heavy (non-hydrogen) atoms. The van der Waals surface area contributed by atoms with Crippen molar-refractivity contribution >= 4 is 10.8 Å². The van der Waals surface area contributed by atoms with E-state index in [2.05, 4.69) is 61.6 Å². The second-order valence-electron chi connectivity index (χ2n) is 5.49. The van der Waals surface area contributed by atoms with Crippen LogP contribution in [0.3, 0.4) is 0 Å². The van der Waals surface area contributed by atoms with Gasteiger partial charge in [-0.15, -0.1) is 0 Å². The zero-order chi connectivity index (χ0) is 13.5. The summed E-state index contributed by atoms with van der Waals surface area (Å²) in [6, 6.07) is 15.3. The standard InChI is InChI=1S/C18H25N/c1-3-13-19-14-15(2)11-12-17-9-6-8-16-7-4-5-10-18(16)17/h4-10,15,19H,3,11-14H2,1-2H3. The van der Waals surface area contributed by atoms with E-state index in [4.69, 9.17) is 0 Å². The number of rotatable bonds is 7. The summed E-state index contributed by atoms with van der Waals surface area (Å²) in [6.45, 7) is 6.83. The first-order valence-corrected chi connectivity index (χ1v) is 7.48. The fraction of sp³-hybridized carbons (Fsp3) is 0.444. The van der Waals surface area contributed by atoms with Crippen LogP contribution in [0.5, 0.6) is 0 Å². The van der Waals surface area contributed by atoms with Crippen LogP contribution >= 0.6 is 0 Å². The van der Waals surface area contributed by atoms with E-state index in [1.165, 1.54) is 35.6 Å². The fourth-order valence-corrected chi connectivity index (χ4v) is 2.54.